The van der Waals surface area contributed by atoms with Gasteiger partial charge in [-0.2, -0.15) is 0 Å². The predicted octanol–water partition coefficient (Wildman–Crippen LogP) is 2.70. The molecule has 0 radical (unpaired) electrons. The Hall–Kier alpha value is 0.177. The van der Waals surface area contributed by atoms with Crippen molar-refractivity contribution in [3.63, 3.8) is 0 Å². The predicted molar refractivity (Wildman–Crippen MR) is 58.0 cm³/mol. The molecule has 2 N–H and O–H groups in total. The molecule has 1 saturated carbocycles. The molecule has 1 aliphatic carbocycles. The van der Waals surface area contributed by atoms with Crippen LogP contribution in [0.3, 0.4) is 0 Å². The number of rotatable bonds is 4. The van der Waals surface area contributed by atoms with E-state index in [1.807, 2.05) is 0 Å². The van der Waals surface area contributed by atoms with E-state index in [1.165, 1.54) is 18.9 Å². The molecule has 2 heteroatoms. The number of hydrogen-bond donors (Lipinski definition) is 1. The van der Waals surface area contributed by atoms with Gasteiger partial charge in [-0.05, 0) is 30.7 Å². The highest BCUT2D eigenvalue weighted by Crippen LogP contribution is 2.49. The van der Waals surface area contributed by atoms with Gasteiger partial charge in [0, 0.05) is 8.07 Å². The van der Waals surface area contributed by atoms with Crippen LogP contribution in [-0.4, -0.2) is 14.6 Å². The van der Waals surface area contributed by atoms with E-state index in [0.717, 1.165) is 12.5 Å². The van der Waals surface area contributed by atoms with Gasteiger partial charge < -0.3 is 5.73 Å². The van der Waals surface area contributed by atoms with Crippen LogP contribution >= 0.6 is 0 Å². The van der Waals surface area contributed by atoms with E-state index >= 15 is 0 Å². The van der Waals surface area contributed by atoms with Crippen LogP contribution in [0.25, 0.3) is 0 Å². The highest BCUT2D eigenvalue weighted by molar-refractivity contribution is 6.76. The Balaban J connectivity index is 2.54. The second kappa shape index (κ2) is 3.15. The van der Waals surface area contributed by atoms with Crippen molar-refractivity contribution >= 4 is 8.07 Å². The fraction of sp³-hybridized carbons (Fsp3) is 1.00. The Labute approximate surface area is 77.7 Å². The summed E-state index contributed by atoms with van der Waals surface area (Å²) in [6.07, 6.45) is 2.86. The molecule has 0 aromatic rings. The van der Waals surface area contributed by atoms with Crippen molar-refractivity contribution in [3.05, 3.63) is 0 Å². The largest absolute Gasteiger partial charge is 0.330 e. The first-order valence-corrected chi connectivity index (χ1v) is 8.78. The third kappa shape index (κ3) is 2.59. The minimum absolute atomic E-state index is 0.477. The Kier molecular flexibility index (Phi) is 2.69. The van der Waals surface area contributed by atoms with Crippen LogP contribution in [0.4, 0.5) is 0 Å². The van der Waals surface area contributed by atoms with Crippen LogP contribution in [-0.2, 0) is 0 Å². The van der Waals surface area contributed by atoms with Gasteiger partial charge >= 0.3 is 0 Å². The fourth-order valence-corrected chi connectivity index (χ4v) is 5.23. The molecule has 1 unspecified atom stereocenters. The summed E-state index contributed by atoms with van der Waals surface area (Å²) in [4.78, 5) is 0. The molecule has 0 aromatic heterocycles. The first-order valence-electron chi connectivity index (χ1n) is 5.07. The van der Waals surface area contributed by atoms with E-state index in [-0.39, 0.29) is 0 Å². The maximum absolute atomic E-state index is 5.88. The van der Waals surface area contributed by atoms with Crippen molar-refractivity contribution in [2.24, 2.45) is 17.1 Å². The van der Waals surface area contributed by atoms with Gasteiger partial charge in [-0.25, -0.2) is 0 Å². The Morgan fingerprint density at radius 1 is 1.33 bits per heavy atom. The van der Waals surface area contributed by atoms with Gasteiger partial charge in [0.2, 0.25) is 0 Å². The average Bonchev–Trinajstić information content (AvgIpc) is 2.64. The van der Waals surface area contributed by atoms with Crippen LogP contribution in [0, 0.1) is 11.3 Å². The maximum atomic E-state index is 5.88. The summed E-state index contributed by atoms with van der Waals surface area (Å²) in [7, 11) is -0.916. The first kappa shape index (κ1) is 10.3. The van der Waals surface area contributed by atoms with Crippen molar-refractivity contribution in [1.82, 2.24) is 0 Å². The summed E-state index contributed by atoms with van der Waals surface area (Å²) in [5, 5.41) is 0. The highest BCUT2D eigenvalue weighted by atomic mass is 28.3. The molecule has 0 aromatic carbocycles. The van der Waals surface area contributed by atoms with Gasteiger partial charge in [-0.15, -0.1) is 0 Å². The molecule has 12 heavy (non-hydrogen) atoms. The van der Waals surface area contributed by atoms with Crippen LogP contribution in [0.5, 0.6) is 0 Å². The minimum Gasteiger partial charge on any atom is -0.330 e. The SMILES string of the molecule is CC(CN)(C[Si](C)(C)C)C1CC1. The monoisotopic (exact) mass is 185 g/mol. The molecule has 1 rings (SSSR count). The Morgan fingerprint density at radius 3 is 2.08 bits per heavy atom. The lowest BCUT2D eigenvalue weighted by molar-refractivity contribution is 0.318. The van der Waals surface area contributed by atoms with Gasteiger partial charge in [-0.1, -0.05) is 32.6 Å². The fourth-order valence-electron chi connectivity index (χ4n) is 2.37. The van der Waals surface area contributed by atoms with Gasteiger partial charge in [0.1, 0.15) is 0 Å². The molecule has 0 bridgehead atoms. The summed E-state index contributed by atoms with van der Waals surface area (Å²) in [5.41, 5.74) is 6.35. The second-order valence-electron chi connectivity index (χ2n) is 5.87. The van der Waals surface area contributed by atoms with Crippen molar-refractivity contribution in [3.8, 4) is 0 Å². The Bertz CT molecular complexity index is 158. The summed E-state index contributed by atoms with van der Waals surface area (Å²) in [6.45, 7) is 10.6. The van der Waals surface area contributed by atoms with Crippen LogP contribution < -0.4 is 5.73 Å². The lowest BCUT2D eigenvalue weighted by atomic mass is 9.87. The molecule has 0 heterocycles. The van der Waals surface area contributed by atoms with Crippen LogP contribution in [0.1, 0.15) is 19.8 Å². The van der Waals surface area contributed by atoms with Gasteiger partial charge in [0.15, 0.2) is 0 Å². The summed E-state index contributed by atoms with van der Waals surface area (Å²) >= 11 is 0. The van der Waals surface area contributed by atoms with E-state index in [4.69, 9.17) is 5.73 Å². The van der Waals surface area contributed by atoms with E-state index < -0.39 is 8.07 Å². The van der Waals surface area contributed by atoms with E-state index in [0.29, 0.717) is 5.41 Å². The normalized spacial score (nSPS) is 23.8. The third-order valence-corrected chi connectivity index (χ3v) is 4.83. The molecule has 0 amide bonds. The third-order valence-electron chi connectivity index (χ3n) is 2.96. The zero-order valence-electron chi connectivity index (χ0n) is 8.98. The first-order chi connectivity index (χ1) is 5.37. The van der Waals surface area contributed by atoms with Gasteiger partial charge in [0.05, 0.1) is 0 Å². The lowest BCUT2D eigenvalue weighted by Crippen LogP contribution is -2.37. The van der Waals surface area contributed by atoms with E-state index in [1.54, 1.807) is 0 Å². The zero-order valence-corrected chi connectivity index (χ0v) is 9.98. The minimum atomic E-state index is -0.916. The van der Waals surface area contributed by atoms with E-state index in [9.17, 15) is 0 Å². The van der Waals surface area contributed by atoms with Crippen LogP contribution in [0.15, 0.2) is 0 Å². The molecule has 1 aliphatic rings. The van der Waals surface area contributed by atoms with Crippen molar-refractivity contribution in [2.45, 2.75) is 45.5 Å². The van der Waals surface area contributed by atoms with Gasteiger partial charge in [0.25, 0.3) is 0 Å². The lowest BCUT2D eigenvalue weighted by Gasteiger charge is -2.34. The molecular weight excluding hydrogens is 162 g/mol. The summed E-state index contributed by atoms with van der Waals surface area (Å²) < 4.78 is 0. The highest BCUT2D eigenvalue weighted by Gasteiger charge is 2.42. The molecule has 0 spiro atoms. The summed E-state index contributed by atoms with van der Waals surface area (Å²) in [6, 6.07) is 1.40. The standard InChI is InChI=1S/C10H23NSi/c1-10(7-11,9-5-6-9)8-12(2,3)4/h9H,5-8,11H2,1-4H3. The molecule has 1 fully saturated rings. The smallest absolute Gasteiger partial charge is 0.0448 e. The summed E-state index contributed by atoms with van der Waals surface area (Å²) in [5.74, 6) is 0.953. The van der Waals surface area contributed by atoms with Crippen molar-refractivity contribution < 1.29 is 0 Å². The molecule has 1 nitrogen and oxygen atoms in total. The average molecular weight is 185 g/mol. The second-order valence-corrected chi connectivity index (χ2v) is 11.3. The van der Waals surface area contributed by atoms with E-state index in [2.05, 4.69) is 26.6 Å². The number of nitrogens with two attached hydrogens (primary N) is 1. The molecule has 1 atom stereocenters. The van der Waals surface area contributed by atoms with Crippen molar-refractivity contribution in [1.29, 1.82) is 0 Å². The Morgan fingerprint density at radius 2 is 1.83 bits per heavy atom. The quantitative estimate of drug-likeness (QED) is 0.670. The molecule has 72 valence electrons. The molecular formula is C10H23NSi. The number of hydrogen-bond acceptors (Lipinski definition) is 1. The topological polar surface area (TPSA) is 26.0 Å². The molecule has 0 aliphatic heterocycles. The van der Waals surface area contributed by atoms with Gasteiger partial charge in [-0.3, -0.25) is 0 Å². The maximum Gasteiger partial charge on any atom is 0.0448 e. The van der Waals surface area contributed by atoms with Crippen LogP contribution in [0.2, 0.25) is 25.7 Å². The van der Waals surface area contributed by atoms with Crippen molar-refractivity contribution in [2.75, 3.05) is 6.54 Å². The zero-order chi connectivity index (χ0) is 9.41. The molecule has 0 saturated heterocycles.